The molecule has 4 rings (SSSR count). The first kappa shape index (κ1) is 17.3. The zero-order chi connectivity index (χ0) is 18.8. The smallest absolute Gasteiger partial charge is 0.417 e. The third kappa shape index (κ3) is 3.44. The second kappa shape index (κ2) is 7.25. The number of amides is 2. The molecule has 0 saturated carbocycles. The van der Waals surface area contributed by atoms with Crippen molar-refractivity contribution in [3.8, 4) is 0 Å². The van der Waals surface area contributed by atoms with Gasteiger partial charge in [-0.05, 0) is 41.8 Å². The molecule has 6 heteroatoms. The van der Waals surface area contributed by atoms with Crippen molar-refractivity contribution in [1.29, 1.82) is 0 Å². The predicted octanol–water partition coefficient (Wildman–Crippen LogP) is 2.76. The lowest BCUT2D eigenvalue weighted by molar-refractivity contribution is -0.130. The second-order valence-electron chi connectivity index (χ2n) is 6.72. The SMILES string of the molecule is NCCc1c[nH]c2ccc(CC3OC(=O)N(Cc4ccccc4)C3=O)cc12. The first-order valence-electron chi connectivity index (χ1n) is 9.00. The summed E-state index contributed by atoms with van der Waals surface area (Å²) < 4.78 is 5.34. The molecular weight excluding hydrogens is 342 g/mol. The van der Waals surface area contributed by atoms with Crippen LogP contribution in [0.25, 0.3) is 10.9 Å². The largest absolute Gasteiger partial charge is 0.435 e. The minimum absolute atomic E-state index is 0.229. The Morgan fingerprint density at radius 1 is 1.07 bits per heavy atom. The number of nitrogens with one attached hydrogen (secondary N) is 1. The highest BCUT2D eigenvalue weighted by molar-refractivity contribution is 6.00. The number of aromatic nitrogens is 1. The van der Waals surface area contributed by atoms with Gasteiger partial charge in [-0.15, -0.1) is 0 Å². The van der Waals surface area contributed by atoms with Gasteiger partial charge in [0.05, 0.1) is 6.54 Å². The molecule has 3 N–H and O–H groups in total. The van der Waals surface area contributed by atoms with E-state index < -0.39 is 12.2 Å². The maximum Gasteiger partial charge on any atom is 0.417 e. The number of fused-ring (bicyclic) bond motifs is 1. The first-order chi connectivity index (χ1) is 13.2. The summed E-state index contributed by atoms with van der Waals surface area (Å²) in [6, 6.07) is 15.4. The quantitative estimate of drug-likeness (QED) is 0.705. The Morgan fingerprint density at radius 3 is 2.67 bits per heavy atom. The van der Waals surface area contributed by atoms with Crippen LogP contribution in [-0.2, 0) is 28.9 Å². The van der Waals surface area contributed by atoms with E-state index >= 15 is 0 Å². The van der Waals surface area contributed by atoms with Gasteiger partial charge in [0.15, 0.2) is 6.10 Å². The molecule has 1 fully saturated rings. The number of nitrogens with zero attached hydrogens (tertiary/aromatic N) is 1. The van der Waals surface area contributed by atoms with Gasteiger partial charge in [0.25, 0.3) is 5.91 Å². The zero-order valence-corrected chi connectivity index (χ0v) is 14.9. The summed E-state index contributed by atoms with van der Waals surface area (Å²) in [5.74, 6) is -0.291. The maximum absolute atomic E-state index is 12.7. The van der Waals surface area contributed by atoms with Crippen LogP contribution in [-0.4, -0.2) is 34.5 Å². The third-order valence-electron chi connectivity index (χ3n) is 4.86. The van der Waals surface area contributed by atoms with Crippen LogP contribution in [0.5, 0.6) is 0 Å². The van der Waals surface area contributed by atoms with Crippen LogP contribution in [0, 0.1) is 0 Å². The lowest BCUT2D eigenvalue weighted by atomic mass is 10.0. The summed E-state index contributed by atoms with van der Waals surface area (Å²) in [4.78, 5) is 29.2. The van der Waals surface area contributed by atoms with Gasteiger partial charge in [-0.25, -0.2) is 9.69 Å². The fourth-order valence-electron chi connectivity index (χ4n) is 3.47. The molecule has 2 heterocycles. The van der Waals surface area contributed by atoms with Gasteiger partial charge in [-0.2, -0.15) is 0 Å². The van der Waals surface area contributed by atoms with Gasteiger partial charge < -0.3 is 15.5 Å². The summed E-state index contributed by atoms with van der Waals surface area (Å²) in [6.07, 6.45) is 1.74. The molecule has 2 amide bonds. The number of aromatic amines is 1. The van der Waals surface area contributed by atoms with Crippen LogP contribution in [0.2, 0.25) is 0 Å². The van der Waals surface area contributed by atoms with Crippen LogP contribution in [0.3, 0.4) is 0 Å². The lowest BCUT2D eigenvalue weighted by Gasteiger charge is -2.11. The van der Waals surface area contributed by atoms with E-state index in [0.717, 1.165) is 34.0 Å². The summed E-state index contributed by atoms with van der Waals surface area (Å²) in [5.41, 5.74) is 9.69. The normalized spacial score (nSPS) is 16.9. The third-order valence-corrected chi connectivity index (χ3v) is 4.86. The minimum Gasteiger partial charge on any atom is -0.435 e. The van der Waals surface area contributed by atoms with Gasteiger partial charge in [0.1, 0.15) is 0 Å². The van der Waals surface area contributed by atoms with Crippen LogP contribution in [0.15, 0.2) is 54.7 Å². The average Bonchev–Trinajstić information content (AvgIpc) is 3.19. The number of cyclic esters (lactones) is 1. The lowest BCUT2D eigenvalue weighted by Crippen LogP contribution is -2.31. The van der Waals surface area contributed by atoms with E-state index in [9.17, 15) is 9.59 Å². The van der Waals surface area contributed by atoms with Crippen molar-refractivity contribution in [2.75, 3.05) is 6.54 Å². The molecule has 1 aliphatic rings. The van der Waals surface area contributed by atoms with E-state index in [2.05, 4.69) is 4.98 Å². The van der Waals surface area contributed by atoms with Crippen molar-refractivity contribution in [1.82, 2.24) is 9.88 Å². The number of carbonyl (C=O) groups excluding carboxylic acids is 2. The van der Waals surface area contributed by atoms with Gasteiger partial charge in [0.2, 0.25) is 0 Å². The molecule has 1 saturated heterocycles. The van der Waals surface area contributed by atoms with Gasteiger partial charge in [-0.3, -0.25) is 4.79 Å². The maximum atomic E-state index is 12.7. The molecule has 0 aliphatic carbocycles. The molecule has 3 aromatic rings. The highest BCUT2D eigenvalue weighted by atomic mass is 16.6. The zero-order valence-electron chi connectivity index (χ0n) is 14.9. The van der Waals surface area contributed by atoms with Gasteiger partial charge in [0, 0.05) is 23.5 Å². The molecule has 1 aromatic heterocycles. The van der Waals surface area contributed by atoms with E-state index in [-0.39, 0.29) is 12.5 Å². The monoisotopic (exact) mass is 363 g/mol. The topological polar surface area (TPSA) is 88.4 Å². The Kier molecular flexibility index (Phi) is 4.64. The van der Waals surface area contributed by atoms with E-state index in [0.29, 0.717) is 13.0 Å². The number of ether oxygens (including phenoxy) is 1. The van der Waals surface area contributed by atoms with E-state index in [4.69, 9.17) is 10.5 Å². The molecule has 1 atom stereocenters. The van der Waals surface area contributed by atoms with E-state index in [1.807, 2.05) is 54.7 Å². The second-order valence-corrected chi connectivity index (χ2v) is 6.72. The number of H-pyrrole nitrogens is 1. The van der Waals surface area contributed by atoms with Crippen LogP contribution in [0.4, 0.5) is 4.79 Å². The Bertz CT molecular complexity index is 981. The molecule has 0 radical (unpaired) electrons. The summed E-state index contributed by atoms with van der Waals surface area (Å²) >= 11 is 0. The van der Waals surface area contributed by atoms with Crippen LogP contribution in [0.1, 0.15) is 16.7 Å². The molecule has 1 unspecified atom stereocenters. The number of hydrogen-bond acceptors (Lipinski definition) is 4. The fourth-order valence-corrected chi connectivity index (χ4v) is 3.47. The Labute approximate surface area is 156 Å². The molecule has 138 valence electrons. The van der Waals surface area contributed by atoms with Crippen LogP contribution >= 0.6 is 0 Å². The molecule has 2 aromatic carbocycles. The Morgan fingerprint density at radius 2 is 1.89 bits per heavy atom. The summed E-state index contributed by atoms with van der Waals surface area (Å²) in [5, 5.41) is 1.09. The molecule has 1 aliphatic heterocycles. The summed E-state index contributed by atoms with van der Waals surface area (Å²) in [6.45, 7) is 0.802. The molecular formula is C21H21N3O3. The average molecular weight is 363 g/mol. The number of imide groups is 1. The van der Waals surface area contributed by atoms with Crippen molar-refractivity contribution in [2.24, 2.45) is 5.73 Å². The number of rotatable bonds is 6. The Hall–Kier alpha value is -3.12. The van der Waals surface area contributed by atoms with Crippen molar-refractivity contribution in [2.45, 2.75) is 25.5 Å². The first-order valence-corrected chi connectivity index (χ1v) is 9.00. The van der Waals surface area contributed by atoms with Crippen LogP contribution < -0.4 is 5.73 Å². The number of hydrogen-bond donors (Lipinski definition) is 2. The number of carbonyl (C=O) groups is 2. The summed E-state index contributed by atoms with van der Waals surface area (Å²) in [7, 11) is 0. The number of benzene rings is 2. The molecule has 6 nitrogen and oxygen atoms in total. The van der Waals surface area contributed by atoms with Crippen molar-refractivity contribution in [3.63, 3.8) is 0 Å². The molecule has 27 heavy (non-hydrogen) atoms. The van der Waals surface area contributed by atoms with Gasteiger partial charge >= 0.3 is 6.09 Å². The standard InChI is InChI=1S/C21H21N3O3/c22-9-8-16-12-23-18-7-6-15(10-17(16)18)11-19-20(25)24(21(26)27-19)13-14-4-2-1-3-5-14/h1-7,10,12,19,23H,8-9,11,13,22H2. The number of nitrogens with two attached hydrogens (primary N) is 1. The fraction of sp³-hybridized carbons (Fsp3) is 0.238. The highest BCUT2D eigenvalue weighted by Gasteiger charge is 2.40. The minimum atomic E-state index is -0.782. The highest BCUT2D eigenvalue weighted by Crippen LogP contribution is 2.24. The van der Waals surface area contributed by atoms with Crippen molar-refractivity contribution < 1.29 is 14.3 Å². The van der Waals surface area contributed by atoms with Crippen molar-refractivity contribution in [3.05, 3.63) is 71.4 Å². The van der Waals surface area contributed by atoms with E-state index in [1.54, 1.807) is 0 Å². The van der Waals surface area contributed by atoms with Crippen molar-refractivity contribution >= 4 is 22.9 Å². The Balaban J connectivity index is 1.51. The van der Waals surface area contributed by atoms with E-state index in [1.165, 1.54) is 4.90 Å². The molecule has 0 spiro atoms. The van der Waals surface area contributed by atoms with Gasteiger partial charge in [-0.1, -0.05) is 36.4 Å². The molecule has 0 bridgehead atoms. The predicted molar refractivity (Wildman–Crippen MR) is 102 cm³/mol.